The summed E-state index contributed by atoms with van der Waals surface area (Å²) >= 11 is 0. The Hall–Kier alpha value is -1.26. The number of hydrogen-bond acceptors (Lipinski definition) is 3. The number of cyclic esters (lactones) is 1. The Morgan fingerprint density at radius 2 is 2.00 bits per heavy atom. The van der Waals surface area contributed by atoms with Gasteiger partial charge in [-0.1, -0.05) is 0 Å². The van der Waals surface area contributed by atoms with Gasteiger partial charge in [0.25, 0.3) is 0 Å². The zero-order valence-electron chi connectivity index (χ0n) is 8.07. The van der Waals surface area contributed by atoms with Crippen LogP contribution in [0.3, 0.4) is 0 Å². The van der Waals surface area contributed by atoms with Crippen molar-refractivity contribution in [3.05, 3.63) is 0 Å². The average Bonchev–Trinajstić information content (AvgIpc) is 2.77. The predicted octanol–water partition coefficient (Wildman–Crippen LogP) is 0.0610. The van der Waals surface area contributed by atoms with E-state index in [-0.39, 0.29) is 18.5 Å². The first kappa shape index (κ1) is 9.30. The van der Waals surface area contributed by atoms with Crippen LogP contribution in [0.1, 0.15) is 12.8 Å². The van der Waals surface area contributed by atoms with Crippen molar-refractivity contribution < 1.29 is 14.3 Å². The molecule has 78 valence electrons. The van der Waals surface area contributed by atoms with Gasteiger partial charge in [0.2, 0.25) is 5.91 Å². The molecule has 2 aliphatic rings. The Morgan fingerprint density at radius 1 is 1.29 bits per heavy atom. The molecule has 2 fully saturated rings. The van der Waals surface area contributed by atoms with Crippen molar-refractivity contribution >= 4 is 12.0 Å². The zero-order valence-corrected chi connectivity index (χ0v) is 8.07. The number of carbonyl (C=O) groups excluding carboxylic acids is 2. The fourth-order valence-corrected chi connectivity index (χ4v) is 1.80. The van der Waals surface area contributed by atoms with E-state index in [1.807, 2.05) is 4.90 Å². The van der Waals surface area contributed by atoms with Crippen molar-refractivity contribution in [2.24, 2.45) is 0 Å². The van der Waals surface area contributed by atoms with Crippen molar-refractivity contribution in [3.8, 4) is 0 Å². The van der Waals surface area contributed by atoms with E-state index in [0.29, 0.717) is 13.2 Å². The molecule has 2 rings (SSSR count). The van der Waals surface area contributed by atoms with Crippen LogP contribution >= 0.6 is 0 Å². The van der Waals surface area contributed by atoms with Crippen LogP contribution < -0.4 is 0 Å². The SMILES string of the molecule is O=C(CN1CCOC1=O)N1CCCC1. The standard InChI is InChI=1S/C9H14N2O3/c12-8(10-3-1-2-4-10)7-11-5-6-14-9(11)13/h1-7H2. The van der Waals surface area contributed by atoms with E-state index in [1.165, 1.54) is 4.90 Å². The van der Waals surface area contributed by atoms with Gasteiger partial charge in [0.05, 0.1) is 6.54 Å². The first-order valence-electron chi connectivity index (χ1n) is 4.97. The van der Waals surface area contributed by atoms with Crippen LogP contribution in [0, 0.1) is 0 Å². The maximum absolute atomic E-state index is 11.6. The summed E-state index contributed by atoms with van der Waals surface area (Å²) in [5.74, 6) is 0.0429. The highest BCUT2D eigenvalue weighted by Gasteiger charge is 2.27. The maximum Gasteiger partial charge on any atom is 0.410 e. The van der Waals surface area contributed by atoms with Gasteiger partial charge in [-0.25, -0.2) is 4.79 Å². The van der Waals surface area contributed by atoms with Crippen LogP contribution in [-0.4, -0.2) is 54.6 Å². The second kappa shape index (κ2) is 3.86. The first-order chi connectivity index (χ1) is 6.77. The van der Waals surface area contributed by atoms with Crippen molar-refractivity contribution in [2.75, 3.05) is 32.8 Å². The third kappa shape index (κ3) is 1.81. The minimum absolute atomic E-state index is 0.0429. The molecule has 5 nitrogen and oxygen atoms in total. The van der Waals surface area contributed by atoms with E-state index in [4.69, 9.17) is 4.74 Å². The third-order valence-corrected chi connectivity index (χ3v) is 2.63. The lowest BCUT2D eigenvalue weighted by Crippen LogP contribution is -2.39. The molecule has 2 heterocycles. The molecular weight excluding hydrogens is 184 g/mol. The summed E-state index contributed by atoms with van der Waals surface area (Å²) < 4.78 is 4.75. The number of rotatable bonds is 2. The molecule has 0 spiro atoms. The Labute approximate surface area is 82.6 Å². The molecule has 0 aromatic heterocycles. The highest BCUT2D eigenvalue weighted by Crippen LogP contribution is 2.09. The fraction of sp³-hybridized carbons (Fsp3) is 0.778. The quantitative estimate of drug-likeness (QED) is 0.630. The Kier molecular flexibility index (Phi) is 2.56. The van der Waals surface area contributed by atoms with Crippen molar-refractivity contribution in [1.82, 2.24) is 9.80 Å². The van der Waals surface area contributed by atoms with E-state index >= 15 is 0 Å². The lowest BCUT2D eigenvalue weighted by Gasteiger charge is -2.18. The zero-order chi connectivity index (χ0) is 9.97. The topological polar surface area (TPSA) is 49.9 Å². The summed E-state index contributed by atoms with van der Waals surface area (Å²) in [6, 6.07) is 0. The van der Waals surface area contributed by atoms with Crippen molar-refractivity contribution in [3.63, 3.8) is 0 Å². The summed E-state index contributed by atoms with van der Waals surface area (Å²) in [5, 5.41) is 0. The lowest BCUT2D eigenvalue weighted by molar-refractivity contribution is -0.130. The van der Waals surface area contributed by atoms with Crippen LogP contribution in [0.2, 0.25) is 0 Å². The van der Waals surface area contributed by atoms with Crippen LogP contribution in [0.25, 0.3) is 0 Å². The Balaban J connectivity index is 1.84. The largest absolute Gasteiger partial charge is 0.448 e. The Morgan fingerprint density at radius 3 is 2.57 bits per heavy atom. The molecule has 0 saturated carbocycles. The normalized spacial score (nSPS) is 21.6. The molecule has 0 aliphatic carbocycles. The molecule has 0 unspecified atom stereocenters. The molecule has 0 aromatic carbocycles. The van der Waals surface area contributed by atoms with Gasteiger partial charge in [-0.15, -0.1) is 0 Å². The van der Waals surface area contributed by atoms with Gasteiger partial charge in [-0.2, -0.15) is 0 Å². The van der Waals surface area contributed by atoms with Gasteiger partial charge in [-0.05, 0) is 12.8 Å². The van der Waals surface area contributed by atoms with E-state index in [9.17, 15) is 9.59 Å². The van der Waals surface area contributed by atoms with Crippen LogP contribution in [-0.2, 0) is 9.53 Å². The molecule has 2 aliphatic heterocycles. The van der Waals surface area contributed by atoms with Gasteiger partial charge < -0.3 is 9.64 Å². The minimum Gasteiger partial charge on any atom is -0.448 e. The number of ether oxygens (including phenoxy) is 1. The highest BCUT2D eigenvalue weighted by atomic mass is 16.6. The maximum atomic E-state index is 11.6. The number of nitrogens with zero attached hydrogens (tertiary/aromatic N) is 2. The highest BCUT2D eigenvalue weighted by molar-refractivity contribution is 5.83. The molecule has 14 heavy (non-hydrogen) atoms. The number of hydrogen-bond donors (Lipinski definition) is 0. The average molecular weight is 198 g/mol. The smallest absolute Gasteiger partial charge is 0.410 e. The van der Waals surface area contributed by atoms with E-state index in [0.717, 1.165) is 25.9 Å². The van der Waals surface area contributed by atoms with E-state index < -0.39 is 0 Å². The van der Waals surface area contributed by atoms with Crippen LogP contribution in [0.4, 0.5) is 4.79 Å². The predicted molar refractivity (Wildman–Crippen MR) is 48.7 cm³/mol. The van der Waals surface area contributed by atoms with Crippen LogP contribution in [0.15, 0.2) is 0 Å². The second-order valence-electron chi connectivity index (χ2n) is 3.62. The number of carbonyl (C=O) groups is 2. The van der Waals surface area contributed by atoms with E-state index in [2.05, 4.69) is 0 Å². The monoisotopic (exact) mass is 198 g/mol. The lowest BCUT2D eigenvalue weighted by atomic mass is 10.4. The van der Waals surface area contributed by atoms with Gasteiger partial charge in [0.1, 0.15) is 13.2 Å². The van der Waals surface area contributed by atoms with E-state index in [1.54, 1.807) is 0 Å². The molecule has 0 atom stereocenters. The van der Waals surface area contributed by atoms with Gasteiger partial charge in [0, 0.05) is 13.1 Å². The van der Waals surface area contributed by atoms with Gasteiger partial charge >= 0.3 is 6.09 Å². The van der Waals surface area contributed by atoms with Gasteiger partial charge in [0.15, 0.2) is 0 Å². The second-order valence-corrected chi connectivity index (χ2v) is 3.62. The van der Waals surface area contributed by atoms with Crippen molar-refractivity contribution in [2.45, 2.75) is 12.8 Å². The fourth-order valence-electron chi connectivity index (χ4n) is 1.80. The molecule has 0 radical (unpaired) electrons. The summed E-state index contributed by atoms with van der Waals surface area (Å²) in [7, 11) is 0. The molecule has 0 aromatic rings. The summed E-state index contributed by atoms with van der Waals surface area (Å²) in [5.41, 5.74) is 0. The molecule has 5 heteroatoms. The molecule has 2 saturated heterocycles. The molecular formula is C9H14N2O3. The first-order valence-corrected chi connectivity index (χ1v) is 4.97. The third-order valence-electron chi connectivity index (χ3n) is 2.63. The molecule has 2 amide bonds. The summed E-state index contributed by atoms with van der Waals surface area (Å²) in [6.07, 6.45) is 1.80. The van der Waals surface area contributed by atoms with Gasteiger partial charge in [-0.3, -0.25) is 9.69 Å². The minimum atomic E-state index is -0.363. The molecule has 0 bridgehead atoms. The molecule has 0 N–H and O–H groups in total. The van der Waals surface area contributed by atoms with Crippen molar-refractivity contribution in [1.29, 1.82) is 0 Å². The Bertz CT molecular complexity index is 248. The van der Waals surface area contributed by atoms with Crippen LogP contribution in [0.5, 0.6) is 0 Å². The number of likely N-dealkylation sites (tertiary alicyclic amines) is 1. The summed E-state index contributed by atoms with van der Waals surface area (Å²) in [6.45, 7) is 2.80. The number of amides is 2. The summed E-state index contributed by atoms with van der Waals surface area (Å²) in [4.78, 5) is 26.0.